The fourth-order valence-electron chi connectivity index (χ4n) is 2.81. The first kappa shape index (κ1) is 26.7. The van der Waals surface area contributed by atoms with Crippen LogP contribution in [-0.2, 0) is 10.0 Å². The van der Waals surface area contributed by atoms with E-state index in [2.05, 4.69) is 15.6 Å². The highest BCUT2D eigenvalue weighted by Gasteiger charge is 2.50. The molecule has 1 fully saturated rings. The maximum Gasteiger partial charge on any atom is 0.511 e. The molecule has 0 aliphatic carbocycles. The summed E-state index contributed by atoms with van der Waals surface area (Å²) in [6.45, 7) is 1.58. The van der Waals surface area contributed by atoms with Gasteiger partial charge < -0.3 is 15.4 Å². The third kappa shape index (κ3) is 7.11. The Morgan fingerprint density at radius 1 is 1.30 bits per heavy atom. The molecule has 30 heavy (non-hydrogen) atoms. The molecule has 13 heteroatoms. The minimum atomic E-state index is -5.30. The van der Waals surface area contributed by atoms with Gasteiger partial charge in [-0.25, -0.2) is 12.8 Å². The molecule has 0 spiro atoms. The minimum absolute atomic E-state index is 0. The molecule has 1 unspecified atom stereocenters. The third-order valence-corrected chi connectivity index (χ3v) is 6.00. The van der Waals surface area contributed by atoms with Gasteiger partial charge in [0.25, 0.3) is 0 Å². The van der Waals surface area contributed by atoms with E-state index < -0.39 is 21.3 Å². The first-order valence-corrected chi connectivity index (χ1v) is 10.4. The van der Waals surface area contributed by atoms with E-state index in [4.69, 9.17) is 4.74 Å². The van der Waals surface area contributed by atoms with E-state index in [1.807, 2.05) is 0 Å². The molecule has 1 aromatic rings. The van der Waals surface area contributed by atoms with Crippen molar-refractivity contribution in [3.8, 4) is 5.75 Å². The highest BCUT2D eigenvalue weighted by molar-refractivity contribution is 14.0. The first-order chi connectivity index (χ1) is 13.5. The van der Waals surface area contributed by atoms with E-state index in [0.717, 1.165) is 0 Å². The molecule has 2 N–H and O–H groups in total. The number of halogens is 5. The van der Waals surface area contributed by atoms with Crippen molar-refractivity contribution in [3.05, 3.63) is 30.1 Å². The average molecular weight is 568 g/mol. The summed E-state index contributed by atoms with van der Waals surface area (Å²) in [6.07, 6.45) is 0.0263. The lowest BCUT2D eigenvalue weighted by Gasteiger charge is -2.32. The van der Waals surface area contributed by atoms with Crippen LogP contribution in [-0.4, -0.2) is 63.0 Å². The minimum Gasteiger partial charge on any atom is -0.486 e. The van der Waals surface area contributed by atoms with E-state index in [9.17, 15) is 26.0 Å². The Morgan fingerprint density at radius 3 is 2.43 bits per heavy atom. The summed E-state index contributed by atoms with van der Waals surface area (Å²) in [7, 11) is -3.77. The van der Waals surface area contributed by atoms with Crippen LogP contribution >= 0.6 is 24.0 Å². The summed E-state index contributed by atoms with van der Waals surface area (Å²) >= 11 is 0. The second kappa shape index (κ2) is 11.3. The molecule has 1 aliphatic heterocycles. The molecule has 1 heterocycles. The standard InChI is InChI=1S/C17H24F4N4O3S.HI/c1-12(28-15-6-4-3-5-14(15)18)11-23-16(22-2)24-13-7-9-25(10-8-13)29(26,27)17(19,20)21;/h3-6,12-13H,7-11H2,1-2H3,(H2,22,23,24);1H. The fraction of sp³-hybridized carbons (Fsp3) is 0.588. The van der Waals surface area contributed by atoms with Gasteiger partial charge in [-0.1, -0.05) is 12.1 Å². The molecule has 1 aromatic carbocycles. The zero-order valence-corrected chi connectivity index (χ0v) is 19.6. The monoisotopic (exact) mass is 568 g/mol. The summed E-state index contributed by atoms with van der Waals surface area (Å²) in [6, 6.07) is 5.79. The number of para-hydroxylation sites is 1. The Bertz CT molecular complexity index is 815. The van der Waals surface area contributed by atoms with Crippen LogP contribution in [0.5, 0.6) is 5.75 Å². The van der Waals surface area contributed by atoms with Crippen LogP contribution in [0.15, 0.2) is 29.3 Å². The van der Waals surface area contributed by atoms with Gasteiger partial charge >= 0.3 is 15.5 Å². The third-order valence-electron chi connectivity index (χ3n) is 4.37. The van der Waals surface area contributed by atoms with Crippen LogP contribution < -0.4 is 15.4 Å². The summed E-state index contributed by atoms with van der Waals surface area (Å²) in [5.74, 6) is 0.0523. The van der Waals surface area contributed by atoms with Crippen molar-refractivity contribution in [3.63, 3.8) is 0 Å². The lowest BCUT2D eigenvalue weighted by Crippen LogP contribution is -2.52. The van der Waals surface area contributed by atoms with Crippen LogP contribution in [0.1, 0.15) is 19.8 Å². The number of piperidine rings is 1. The summed E-state index contributed by atoms with van der Waals surface area (Å²) in [4.78, 5) is 4.04. The Hall–Kier alpha value is -1.35. The van der Waals surface area contributed by atoms with Gasteiger partial charge in [0.2, 0.25) is 0 Å². The first-order valence-electron chi connectivity index (χ1n) is 8.99. The van der Waals surface area contributed by atoms with Crippen molar-refractivity contribution in [1.29, 1.82) is 0 Å². The van der Waals surface area contributed by atoms with Crippen molar-refractivity contribution < 1.29 is 30.7 Å². The number of rotatable bonds is 6. The molecule has 172 valence electrons. The van der Waals surface area contributed by atoms with Crippen molar-refractivity contribution in [1.82, 2.24) is 14.9 Å². The largest absolute Gasteiger partial charge is 0.511 e. The van der Waals surface area contributed by atoms with E-state index in [0.29, 0.717) is 16.8 Å². The summed E-state index contributed by atoms with van der Waals surface area (Å²) in [5.41, 5.74) is -5.29. The zero-order chi connectivity index (χ0) is 21.7. The molecule has 0 bridgehead atoms. The Balaban J connectivity index is 0.00000450. The molecule has 2 rings (SSSR count). The average Bonchev–Trinajstić information content (AvgIpc) is 2.66. The van der Waals surface area contributed by atoms with Crippen LogP contribution in [0.2, 0.25) is 0 Å². The maximum absolute atomic E-state index is 13.6. The molecule has 1 aliphatic rings. The lowest BCUT2D eigenvalue weighted by molar-refractivity contribution is -0.0494. The normalized spacial score (nSPS) is 17.7. The van der Waals surface area contributed by atoms with Crippen molar-refractivity contribution in [2.24, 2.45) is 4.99 Å². The van der Waals surface area contributed by atoms with Crippen LogP contribution in [0.25, 0.3) is 0 Å². The number of ether oxygens (including phenoxy) is 1. The van der Waals surface area contributed by atoms with Gasteiger partial charge in [-0.15, -0.1) is 24.0 Å². The predicted octanol–water partition coefficient (Wildman–Crippen LogP) is 2.69. The van der Waals surface area contributed by atoms with Gasteiger partial charge in [-0.3, -0.25) is 4.99 Å². The van der Waals surface area contributed by atoms with E-state index in [1.54, 1.807) is 19.1 Å². The molecular weight excluding hydrogens is 543 g/mol. The molecular formula is C17H25F4IN4O3S. The topological polar surface area (TPSA) is 83.0 Å². The molecule has 1 atom stereocenters. The van der Waals surface area contributed by atoms with Crippen molar-refractivity contribution >= 4 is 40.0 Å². The molecule has 0 aromatic heterocycles. The predicted molar refractivity (Wildman–Crippen MR) is 116 cm³/mol. The lowest BCUT2D eigenvalue weighted by atomic mass is 10.1. The zero-order valence-electron chi connectivity index (χ0n) is 16.4. The number of aliphatic imine (C=N–C) groups is 1. The van der Waals surface area contributed by atoms with E-state index in [-0.39, 0.29) is 67.8 Å². The van der Waals surface area contributed by atoms with Gasteiger partial charge in [0.1, 0.15) is 6.10 Å². The molecule has 0 saturated carbocycles. The van der Waals surface area contributed by atoms with Crippen molar-refractivity contribution in [2.45, 2.75) is 37.4 Å². The molecule has 0 radical (unpaired) electrons. The van der Waals surface area contributed by atoms with Crippen LogP contribution in [0.3, 0.4) is 0 Å². The fourth-order valence-corrected chi connectivity index (χ4v) is 3.80. The Labute approximate surface area is 190 Å². The number of alkyl halides is 3. The summed E-state index contributed by atoms with van der Waals surface area (Å²) in [5, 5.41) is 6.05. The van der Waals surface area contributed by atoms with Crippen LogP contribution in [0, 0.1) is 5.82 Å². The van der Waals surface area contributed by atoms with Gasteiger partial charge in [0, 0.05) is 26.2 Å². The quantitative estimate of drug-likeness (QED) is 0.239. The highest BCUT2D eigenvalue weighted by atomic mass is 127. The number of nitrogens with one attached hydrogen (secondary N) is 2. The number of nitrogens with zero attached hydrogens (tertiary/aromatic N) is 2. The summed E-state index contributed by atoms with van der Waals surface area (Å²) < 4.78 is 80.4. The number of benzene rings is 1. The van der Waals surface area contributed by atoms with Gasteiger partial charge in [0.05, 0.1) is 6.54 Å². The van der Waals surface area contributed by atoms with Gasteiger partial charge in [-0.2, -0.15) is 17.5 Å². The van der Waals surface area contributed by atoms with Crippen molar-refractivity contribution in [2.75, 3.05) is 26.7 Å². The highest BCUT2D eigenvalue weighted by Crippen LogP contribution is 2.28. The smallest absolute Gasteiger partial charge is 0.486 e. The number of guanidine groups is 1. The van der Waals surface area contributed by atoms with Gasteiger partial charge in [0.15, 0.2) is 17.5 Å². The Morgan fingerprint density at radius 2 is 1.90 bits per heavy atom. The maximum atomic E-state index is 13.6. The number of hydrogen-bond donors (Lipinski definition) is 2. The number of sulfonamides is 1. The van der Waals surface area contributed by atoms with E-state index >= 15 is 0 Å². The van der Waals surface area contributed by atoms with E-state index in [1.165, 1.54) is 19.2 Å². The molecule has 1 saturated heterocycles. The Kier molecular flexibility index (Phi) is 10.1. The number of hydrogen-bond acceptors (Lipinski definition) is 4. The van der Waals surface area contributed by atoms with Gasteiger partial charge in [-0.05, 0) is 31.9 Å². The second-order valence-electron chi connectivity index (χ2n) is 6.58. The second-order valence-corrected chi connectivity index (χ2v) is 8.51. The molecule has 0 amide bonds. The molecule has 7 nitrogen and oxygen atoms in total. The van der Waals surface area contributed by atoms with Crippen LogP contribution in [0.4, 0.5) is 17.6 Å². The SMILES string of the molecule is CN=C(NCC(C)Oc1ccccc1F)NC1CCN(S(=O)(=O)C(F)(F)F)CC1.I.